The Kier molecular flexibility index (Phi) is 6.61. The quantitative estimate of drug-likeness (QED) is 0.752. The van der Waals surface area contributed by atoms with E-state index in [4.69, 9.17) is 0 Å². The van der Waals surface area contributed by atoms with E-state index in [1.54, 1.807) is 0 Å². The second kappa shape index (κ2) is 7.46. The van der Waals surface area contributed by atoms with Gasteiger partial charge < -0.3 is 5.32 Å². The summed E-state index contributed by atoms with van der Waals surface area (Å²) in [6.07, 6.45) is 2.46. The van der Waals surface area contributed by atoms with Gasteiger partial charge in [0.25, 0.3) is 0 Å². The van der Waals surface area contributed by atoms with Crippen molar-refractivity contribution < 1.29 is 0 Å². The highest BCUT2D eigenvalue weighted by atomic mass is 15.3. The van der Waals surface area contributed by atoms with Crippen LogP contribution in [0.5, 0.6) is 0 Å². The summed E-state index contributed by atoms with van der Waals surface area (Å²) in [5.41, 5.74) is 0.290. The van der Waals surface area contributed by atoms with Crippen molar-refractivity contribution in [3.8, 4) is 0 Å². The van der Waals surface area contributed by atoms with Crippen molar-refractivity contribution in [3.05, 3.63) is 0 Å². The highest BCUT2D eigenvalue weighted by molar-refractivity contribution is 4.79. The number of piperazine rings is 1. The van der Waals surface area contributed by atoms with E-state index in [0.717, 1.165) is 12.6 Å². The Hall–Kier alpha value is -0.120. The molecule has 0 aromatic carbocycles. The molecule has 0 bridgehead atoms. The zero-order valence-electron chi connectivity index (χ0n) is 13.1. The minimum Gasteiger partial charge on any atom is -0.311 e. The average molecular weight is 255 g/mol. The second-order valence-corrected chi connectivity index (χ2v) is 6.30. The molecule has 0 aromatic heterocycles. The molecule has 1 atom stereocenters. The molecule has 1 fully saturated rings. The number of rotatable bonds is 7. The molecule has 0 radical (unpaired) electrons. The molecule has 1 N–H and O–H groups in total. The molecule has 0 spiro atoms. The lowest BCUT2D eigenvalue weighted by Gasteiger charge is -2.38. The van der Waals surface area contributed by atoms with Crippen LogP contribution in [0, 0.1) is 0 Å². The van der Waals surface area contributed by atoms with Gasteiger partial charge in [0, 0.05) is 50.8 Å². The molecule has 0 amide bonds. The topological polar surface area (TPSA) is 18.5 Å². The molecule has 108 valence electrons. The molecule has 18 heavy (non-hydrogen) atoms. The Morgan fingerprint density at radius 3 is 2.22 bits per heavy atom. The van der Waals surface area contributed by atoms with E-state index in [1.165, 1.54) is 45.6 Å². The van der Waals surface area contributed by atoms with E-state index < -0.39 is 0 Å². The molecule has 0 aliphatic carbocycles. The van der Waals surface area contributed by atoms with Crippen molar-refractivity contribution in [2.45, 2.75) is 59.0 Å². The van der Waals surface area contributed by atoms with E-state index in [2.05, 4.69) is 49.7 Å². The van der Waals surface area contributed by atoms with E-state index in [9.17, 15) is 0 Å². The molecule has 3 heteroatoms. The van der Waals surface area contributed by atoms with Gasteiger partial charge in [-0.3, -0.25) is 9.80 Å². The van der Waals surface area contributed by atoms with E-state index >= 15 is 0 Å². The Morgan fingerprint density at radius 1 is 1.11 bits per heavy atom. The smallest absolute Gasteiger partial charge is 0.0123 e. The van der Waals surface area contributed by atoms with Crippen LogP contribution in [0.4, 0.5) is 0 Å². The Morgan fingerprint density at radius 2 is 1.72 bits per heavy atom. The summed E-state index contributed by atoms with van der Waals surface area (Å²) in [7, 11) is 0. The standard InChI is InChI=1S/C15H33N3/c1-6-14(3)18-12-10-17(11-13-18)9-8-16-15(4,5)7-2/h14,16H,6-13H2,1-5H3. The van der Waals surface area contributed by atoms with Crippen LogP contribution in [0.15, 0.2) is 0 Å². The fourth-order valence-electron chi connectivity index (χ4n) is 2.36. The van der Waals surface area contributed by atoms with Crippen molar-refractivity contribution >= 4 is 0 Å². The third-order valence-corrected chi connectivity index (χ3v) is 4.54. The first-order valence-electron chi connectivity index (χ1n) is 7.70. The van der Waals surface area contributed by atoms with Crippen LogP contribution >= 0.6 is 0 Å². The summed E-state index contributed by atoms with van der Waals surface area (Å²) in [6.45, 7) is 18.7. The van der Waals surface area contributed by atoms with Gasteiger partial charge in [-0.25, -0.2) is 0 Å². The largest absolute Gasteiger partial charge is 0.311 e. The molecule has 1 unspecified atom stereocenters. The number of hydrogen-bond acceptors (Lipinski definition) is 3. The maximum absolute atomic E-state index is 3.65. The second-order valence-electron chi connectivity index (χ2n) is 6.30. The Balaban J connectivity index is 2.16. The van der Waals surface area contributed by atoms with Crippen molar-refractivity contribution in [1.29, 1.82) is 0 Å². The molecule has 1 aliphatic rings. The third-order valence-electron chi connectivity index (χ3n) is 4.54. The fraction of sp³-hybridized carbons (Fsp3) is 1.00. The van der Waals surface area contributed by atoms with Gasteiger partial charge in [0.1, 0.15) is 0 Å². The lowest BCUT2D eigenvalue weighted by Crippen LogP contribution is -2.51. The summed E-state index contributed by atoms with van der Waals surface area (Å²) in [5.74, 6) is 0. The molecule has 1 heterocycles. The van der Waals surface area contributed by atoms with Gasteiger partial charge in [-0.2, -0.15) is 0 Å². The van der Waals surface area contributed by atoms with E-state index in [0.29, 0.717) is 5.54 Å². The van der Waals surface area contributed by atoms with Gasteiger partial charge in [0.2, 0.25) is 0 Å². The summed E-state index contributed by atoms with van der Waals surface area (Å²) in [5, 5.41) is 3.65. The summed E-state index contributed by atoms with van der Waals surface area (Å²) in [4.78, 5) is 5.22. The van der Waals surface area contributed by atoms with Crippen LogP contribution in [0.25, 0.3) is 0 Å². The van der Waals surface area contributed by atoms with Crippen LogP contribution in [0.1, 0.15) is 47.5 Å². The summed E-state index contributed by atoms with van der Waals surface area (Å²) >= 11 is 0. The monoisotopic (exact) mass is 255 g/mol. The number of nitrogens with one attached hydrogen (secondary N) is 1. The molecule has 0 saturated carbocycles. The van der Waals surface area contributed by atoms with E-state index in [1.807, 2.05) is 0 Å². The van der Waals surface area contributed by atoms with Crippen LogP contribution in [0.3, 0.4) is 0 Å². The first kappa shape index (κ1) is 15.9. The predicted octanol–water partition coefficient (Wildman–Crippen LogP) is 2.18. The molecule has 0 aromatic rings. The van der Waals surface area contributed by atoms with Crippen LogP contribution in [-0.4, -0.2) is 60.6 Å². The van der Waals surface area contributed by atoms with Gasteiger partial charge >= 0.3 is 0 Å². The number of hydrogen-bond donors (Lipinski definition) is 1. The summed E-state index contributed by atoms with van der Waals surface area (Å²) in [6, 6.07) is 0.754. The van der Waals surface area contributed by atoms with Crippen molar-refractivity contribution in [1.82, 2.24) is 15.1 Å². The normalized spacial score (nSPS) is 21.2. The molecule has 3 nitrogen and oxygen atoms in total. The molecular weight excluding hydrogens is 222 g/mol. The van der Waals surface area contributed by atoms with Crippen LogP contribution in [0.2, 0.25) is 0 Å². The van der Waals surface area contributed by atoms with Crippen molar-refractivity contribution in [3.63, 3.8) is 0 Å². The Bertz CT molecular complexity index is 220. The van der Waals surface area contributed by atoms with Gasteiger partial charge in [-0.1, -0.05) is 13.8 Å². The van der Waals surface area contributed by atoms with Gasteiger partial charge in [-0.05, 0) is 33.6 Å². The third kappa shape index (κ3) is 5.25. The molecule has 1 saturated heterocycles. The van der Waals surface area contributed by atoms with Gasteiger partial charge in [0.05, 0.1) is 0 Å². The minimum atomic E-state index is 0.290. The zero-order valence-corrected chi connectivity index (χ0v) is 13.1. The lowest BCUT2D eigenvalue weighted by atomic mass is 10.0. The predicted molar refractivity (Wildman–Crippen MR) is 80.1 cm³/mol. The Labute approximate surface area is 114 Å². The highest BCUT2D eigenvalue weighted by Gasteiger charge is 2.20. The van der Waals surface area contributed by atoms with Crippen molar-refractivity contribution in [2.24, 2.45) is 0 Å². The maximum atomic E-state index is 3.65. The first-order chi connectivity index (χ1) is 8.48. The lowest BCUT2D eigenvalue weighted by molar-refractivity contribution is 0.0996. The van der Waals surface area contributed by atoms with Gasteiger partial charge in [0.15, 0.2) is 0 Å². The van der Waals surface area contributed by atoms with Crippen LogP contribution < -0.4 is 5.32 Å². The molecule has 1 aliphatic heterocycles. The zero-order chi connectivity index (χ0) is 13.6. The fourth-order valence-corrected chi connectivity index (χ4v) is 2.36. The minimum absolute atomic E-state index is 0.290. The number of nitrogens with zero attached hydrogens (tertiary/aromatic N) is 2. The van der Waals surface area contributed by atoms with Gasteiger partial charge in [-0.15, -0.1) is 0 Å². The van der Waals surface area contributed by atoms with Crippen LogP contribution in [-0.2, 0) is 0 Å². The summed E-state index contributed by atoms with van der Waals surface area (Å²) < 4.78 is 0. The highest BCUT2D eigenvalue weighted by Crippen LogP contribution is 2.09. The molecular formula is C15H33N3. The maximum Gasteiger partial charge on any atom is 0.0123 e. The molecule has 1 rings (SSSR count). The average Bonchev–Trinajstić information content (AvgIpc) is 2.38. The first-order valence-corrected chi connectivity index (χ1v) is 7.70. The SMILES string of the molecule is CCC(C)N1CCN(CCNC(C)(C)CC)CC1. The van der Waals surface area contributed by atoms with E-state index in [-0.39, 0.29) is 0 Å². The van der Waals surface area contributed by atoms with Crippen molar-refractivity contribution in [2.75, 3.05) is 39.3 Å².